The van der Waals surface area contributed by atoms with E-state index in [2.05, 4.69) is 0 Å². The Morgan fingerprint density at radius 1 is 1.29 bits per heavy atom. The second-order valence-corrected chi connectivity index (χ2v) is 7.07. The van der Waals surface area contributed by atoms with Crippen LogP contribution in [0.3, 0.4) is 0 Å². The maximum absolute atomic E-state index is 12.5. The van der Waals surface area contributed by atoms with Gasteiger partial charge in [0.1, 0.15) is 0 Å². The van der Waals surface area contributed by atoms with E-state index in [1.165, 1.54) is 0 Å². The largest absolute Gasteiger partial charge is 0.481 e. The number of carboxylic acid groups (broad SMARTS) is 1. The summed E-state index contributed by atoms with van der Waals surface area (Å²) < 4.78 is 0. The average molecular weight is 341 g/mol. The molecule has 0 aromatic rings. The molecule has 1 unspecified atom stereocenters. The number of hydrogen-bond acceptors (Lipinski definition) is 5. The normalized spacial score (nSPS) is 22.2. The van der Waals surface area contributed by atoms with E-state index in [0.29, 0.717) is 25.9 Å². The lowest BCUT2D eigenvalue weighted by atomic mass is 9.94. The van der Waals surface area contributed by atoms with Gasteiger partial charge in [-0.2, -0.15) is 0 Å². The number of ketones is 1. The number of hydrogen-bond donors (Lipinski definition) is 3. The van der Waals surface area contributed by atoms with Crippen molar-refractivity contribution in [1.82, 2.24) is 4.90 Å². The lowest BCUT2D eigenvalue weighted by molar-refractivity contribution is -0.142. The van der Waals surface area contributed by atoms with Crippen LogP contribution < -0.4 is 11.5 Å². The summed E-state index contributed by atoms with van der Waals surface area (Å²) in [6.07, 6.45) is 3.02. The molecule has 24 heavy (non-hydrogen) atoms. The molecule has 0 saturated carbocycles. The first-order valence-electron chi connectivity index (χ1n) is 8.78. The number of rotatable bonds is 11. The zero-order valence-corrected chi connectivity index (χ0v) is 14.7. The third-order valence-electron chi connectivity index (χ3n) is 4.46. The van der Waals surface area contributed by atoms with E-state index in [1.807, 2.05) is 13.8 Å². The van der Waals surface area contributed by atoms with E-state index in [4.69, 9.17) is 16.6 Å². The monoisotopic (exact) mass is 341 g/mol. The maximum Gasteiger partial charge on any atom is 0.304 e. The molecule has 0 aromatic carbocycles. The first kappa shape index (κ1) is 20.6. The zero-order valence-electron chi connectivity index (χ0n) is 14.7. The van der Waals surface area contributed by atoms with E-state index < -0.39 is 24.0 Å². The number of unbranched alkanes of at least 4 members (excludes halogenated alkanes) is 2. The molecule has 7 nitrogen and oxygen atoms in total. The number of nitrogens with two attached hydrogens (primary N) is 2. The van der Waals surface area contributed by atoms with Gasteiger partial charge in [-0.25, -0.2) is 0 Å². The highest BCUT2D eigenvalue weighted by molar-refractivity contribution is 5.89. The average Bonchev–Trinajstić information content (AvgIpc) is 2.78. The highest BCUT2D eigenvalue weighted by atomic mass is 16.4. The van der Waals surface area contributed by atoms with Gasteiger partial charge in [0.05, 0.1) is 24.4 Å². The highest BCUT2D eigenvalue weighted by Gasteiger charge is 2.44. The first-order valence-corrected chi connectivity index (χ1v) is 8.78. The van der Waals surface area contributed by atoms with Crippen LogP contribution in [0.15, 0.2) is 0 Å². The molecule has 138 valence electrons. The van der Waals surface area contributed by atoms with E-state index >= 15 is 0 Å². The van der Waals surface area contributed by atoms with Gasteiger partial charge in [0.15, 0.2) is 5.78 Å². The van der Waals surface area contributed by atoms with E-state index in [-0.39, 0.29) is 24.0 Å². The second kappa shape index (κ2) is 9.74. The molecule has 1 amide bonds. The van der Waals surface area contributed by atoms with Gasteiger partial charge in [-0.05, 0) is 31.7 Å². The Balaban J connectivity index is 2.74. The molecule has 0 bridgehead atoms. The Morgan fingerprint density at radius 2 is 1.96 bits per heavy atom. The predicted molar refractivity (Wildman–Crippen MR) is 91.2 cm³/mol. The molecule has 1 saturated heterocycles. The van der Waals surface area contributed by atoms with Crippen molar-refractivity contribution < 1.29 is 19.5 Å². The Hall–Kier alpha value is -1.47. The maximum atomic E-state index is 12.5. The summed E-state index contributed by atoms with van der Waals surface area (Å²) in [6.45, 7) is 5.06. The minimum Gasteiger partial charge on any atom is -0.481 e. The molecule has 5 N–H and O–H groups in total. The topological polar surface area (TPSA) is 127 Å². The molecule has 0 aliphatic carbocycles. The summed E-state index contributed by atoms with van der Waals surface area (Å²) in [5.41, 5.74) is 11.6. The Kier molecular flexibility index (Phi) is 8.35. The third kappa shape index (κ3) is 5.87. The summed E-state index contributed by atoms with van der Waals surface area (Å²) in [5.74, 6) is -1.61. The Labute approximate surface area is 143 Å². The quantitative estimate of drug-likeness (QED) is 0.476. The molecular weight excluding hydrogens is 310 g/mol. The highest BCUT2D eigenvalue weighted by Crippen LogP contribution is 2.30. The fourth-order valence-corrected chi connectivity index (χ4v) is 3.26. The smallest absolute Gasteiger partial charge is 0.304 e. The molecule has 1 rings (SSSR count). The Bertz CT molecular complexity index is 453. The van der Waals surface area contributed by atoms with Gasteiger partial charge < -0.3 is 21.5 Å². The SMILES string of the molecule is CC(C)CN1C(=O)[C@H](CC(=O)O)C[C@H]1C(N)C(=O)CCCCCN. The van der Waals surface area contributed by atoms with Crippen LogP contribution in [-0.2, 0) is 14.4 Å². The van der Waals surface area contributed by atoms with Crippen molar-refractivity contribution >= 4 is 17.7 Å². The molecule has 0 spiro atoms. The van der Waals surface area contributed by atoms with Gasteiger partial charge in [0.25, 0.3) is 0 Å². The molecule has 1 aliphatic heterocycles. The third-order valence-corrected chi connectivity index (χ3v) is 4.46. The minimum absolute atomic E-state index is 0.0606. The van der Waals surface area contributed by atoms with Crippen molar-refractivity contribution in [2.75, 3.05) is 13.1 Å². The molecule has 1 heterocycles. The van der Waals surface area contributed by atoms with Gasteiger partial charge in [-0.15, -0.1) is 0 Å². The number of nitrogens with zero attached hydrogens (tertiary/aromatic N) is 1. The number of likely N-dealkylation sites (tertiary alicyclic amines) is 1. The minimum atomic E-state index is -1.000. The predicted octanol–water partition coefficient (Wildman–Crippen LogP) is 0.750. The van der Waals surface area contributed by atoms with Crippen molar-refractivity contribution in [2.24, 2.45) is 23.3 Å². The van der Waals surface area contributed by atoms with Crippen LogP contribution in [0, 0.1) is 11.8 Å². The van der Waals surface area contributed by atoms with Crippen molar-refractivity contribution in [3.05, 3.63) is 0 Å². The summed E-state index contributed by atoms with van der Waals surface area (Å²) in [7, 11) is 0. The number of carboxylic acids is 1. The van der Waals surface area contributed by atoms with E-state index in [1.54, 1.807) is 4.90 Å². The van der Waals surface area contributed by atoms with Crippen LogP contribution >= 0.6 is 0 Å². The molecule has 1 fully saturated rings. The van der Waals surface area contributed by atoms with Crippen LogP contribution in [0.4, 0.5) is 0 Å². The van der Waals surface area contributed by atoms with Crippen molar-refractivity contribution in [2.45, 2.75) is 64.5 Å². The van der Waals surface area contributed by atoms with E-state index in [9.17, 15) is 14.4 Å². The van der Waals surface area contributed by atoms with Crippen LogP contribution in [0.1, 0.15) is 52.4 Å². The summed E-state index contributed by atoms with van der Waals surface area (Å²) in [5, 5.41) is 8.98. The van der Waals surface area contributed by atoms with Gasteiger partial charge in [-0.1, -0.05) is 20.3 Å². The van der Waals surface area contributed by atoms with E-state index in [0.717, 1.165) is 19.3 Å². The summed E-state index contributed by atoms with van der Waals surface area (Å²) in [6, 6.07) is -1.14. The molecule has 7 heteroatoms. The number of amides is 1. The number of carbonyl (C=O) groups is 3. The van der Waals surface area contributed by atoms with Crippen molar-refractivity contribution in [3.63, 3.8) is 0 Å². The number of carbonyl (C=O) groups excluding carboxylic acids is 2. The molecule has 3 atom stereocenters. The van der Waals surface area contributed by atoms with Crippen LogP contribution in [0.25, 0.3) is 0 Å². The van der Waals surface area contributed by atoms with Crippen LogP contribution in [0.2, 0.25) is 0 Å². The lowest BCUT2D eigenvalue weighted by Gasteiger charge is -2.30. The number of aliphatic carboxylic acids is 1. The molecule has 1 aliphatic rings. The van der Waals surface area contributed by atoms with Gasteiger partial charge in [0, 0.05) is 13.0 Å². The fraction of sp³-hybridized carbons (Fsp3) is 0.824. The molecule has 0 aromatic heterocycles. The van der Waals surface area contributed by atoms with Gasteiger partial charge in [-0.3, -0.25) is 14.4 Å². The van der Waals surface area contributed by atoms with Crippen molar-refractivity contribution in [1.29, 1.82) is 0 Å². The second-order valence-electron chi connectivity index (χ2n) is 7.07. The summed E-state index contributed by atoms with van der Waals surface area (Å²) in [4.78, 5) is 37.4. The van der Waals surface area contributed by atoms with Crippen LogP contribution in [-0.4, -0.2) is 52.8 Å². The number of Topliss-reactive ketones (excluding diaryl/α,β-unsaturated/α-hetero) is 1. The van der Waals surface area contributed by atoms with Gasteiger partial charge in [0.2, 0.25) is 5.91 Å². The molecular formula is C17H31N3O4. The first-order chi connectivity index (χ1) is 11.3. The fourth-order valence-electron chi connectivity index (χ4n) is 3.26. The van der Waals surface area contributed by atoms with Gasteiger partial charge >= 0.3 is 5.97 Å². The standard InChI is InChI=1S/C17H31N3O4/c1-11(2)10-20-13(8-12(17(20)24)9-15(22)23)16(19)14(21)6-4-3-5-7-18/h11-13,16H,3-10,18-19H2,1-2H3,(H,22,23)/t12-,13-,16?/m0/s1. The van der Waals surface area contributed by atoms with Crippen LogP contribution in [0.5, 0.6) is 0 Å². The molecule has 0 radical (unpaired) electrons. The lowest BCUT2D eigenvalue weighted by Crippen LogP contribution is -2.50. The Morgan fingerprint density at radius 3 is 2.50 bits per heavy atom. The zero-order chi connectivity index (χ0) is 18.3. The summed E-state index contributed by atoms with van der Waals surface area (Å²) >= 11 is 0. The van der Waals surface area contributed by atoms with Crippen molar-refractivity contribution in [3.8, 4) is 0 Å².